The standard InChI is InChI=1S/C8H10.C4H8.C3H6/c1-2-8-6-4-3-5-7-8;1-4(2)3;1-3-2/h3-7H,2H2,1H3;1H2,2-3H3;3H,1H2,2H3. The largest absolute Gasteiger partial charge is 0.103 e. The molecule has 0 bridgehead atoms. The summed E-state index contributed by atoms with van der Waals surface area (Å²) in [6.07, 6.45) is 2.89. The topological polar surface area (TPSA) is 0 Å². The first-order valence-electron chi connectivity index (χ1n) is 5.31. The maximum atomic E-state index is 3.56. The van der Waals surface area contributed by atoms with Gasteiger partial charge in [0.25, 0.3) is 0 Å². The van der Waals surface area contributed by atoms with Crippen LogP contribution in [0.3, 0.4) is 0 Å². The van der Waals surface area contributed by atoms with Crippen molar-refractivity contribution in [3.63, 3.8) is 0 Å². The summed E-state index contributed by atoms with van der Waals surface area (Å²) in [5.41, 5.74) is 2.58. The molecule has 0 amide bonds. The van der Waals surface area contributed by atoms with Gasteiger partial charge in [0.1, 0.15) is 0 Å². The fraction of sp³-hybridized carbons (Fsp3) is 0.333. The Balaban J connectivity index is 0. The lowest BCUT2D eigenvalue weighted by Gasteiger charge is -1.89. The van der Waals surface area contributed by atoms with Gasteiger partial charge in [-0.1, -0.05) is 48.9 Å². The third-order valence-corrected chi connectivity index (χ3v) is 1.25. The maximum Gasteiger partial charge on any atom is -0.0307 e. The van der Waals surface area contributed by atoms with Gasteiger partial charge in [-0.2, -0.15) is 0 Å². The van der Waals surface area contributed by atoms with Crippen LogP contribution in [0.25, 0.3) is 0 Å². The first-order chi connectivity index (χ1) is 7.08. The van der Waals surface area contributed by atoms with E-state index in [2.05, 4.69) is 44.3 Å². The highest BCUT2D eigenvalue weighted by Crippen LogP contribution is 1.96. The summed E-state index contributed by atoms with van der Waals surface area (Å²) in [6, 6.07) is 10.5. The summed E-state index contributed by atoms with van der Waals surface area (Å²) in [4.78, 5) is 0. The van der Waals surface area contributed by atoms with Crippen LogP contribution in [0.1, 0.15) is 33.3 Å². The van der Waals surface area contributed by atoms with E-state index in [1.54, 1.807) is 6.08 Å². The molecule has 15 heavy (non-hydrogen) atoms. The molecule has 0 nitrogen and oxygen atoms in total. The molecule has 0 aromatic heterocycles. The second-order valence-corrected chi connectivity index (χ2v) is 3.45. The lowest BCUT2D eigenvalue weighted by atomic mass is 10.2. The Bertz CT molecular complexity index is 240. The minimum atomic E-state index is 1.14. The van der Waals surface area contributed by atoms with Gasteiger partial charge in [-0.25, -0.2) is 0 Å². The Morgan fingerprint density at radius 2 is 1.53 bits per heavy atom. The van der Waals surface area contributed by atoms with Crippen LogP contribution in [-0.4, -0.2) is 0 Å². The molecule has 0 fully saturated rings. The van der Waals surface area contributed by atoms with Crippen molar-refractivity contribution < 1.29 is 0 Å². The third kappa shape index (κ3) is 19.2. The number of hydrogen-bond donors (Lipinski definition) is 0. The van der Waals surface area contributed by atoms with Crippen molar-refractivity contribution in [1.82, 2.24) is 0 Å². The number of aryl methyl sites for hydroxylation is 1. The molecule has 0 unspecified atom stereocenters. The number of benzene rings is 1. The van der Waals surface area contributed by atoms with Gasteiger partial charge in [0.2, 0.25) is 0 Å². The van der Waals surface area contributed by atoms with Crippen LogP contribution in [0.15, 0.2) is 55.1 Å². The molecule has 1 aromatic carbocycles. The van der Waals surface area contributed by atoms with Crippen molar-refractivity contribution in [2.24, 2.45) is 0 Å². The molecule has 0 atom stereocenters. The zero-order valence-electron chi connectivity index (χ0n) is 10.6. The fourth-order valence-corrected chi connectivity index (χ4v) is 0.714. The molecule has 0 aliphatic carbocycles. The van der Waals surface area contributed by atoms with E-state index in [1.807, 2.05) is 26.8 Å². The van der Waals surface area contributed by atoms with E-state index in [4.69, 9.17) is 0 Å². The van der Waals surface area contributed by atoms with E-state index in [9.17, 15) is 0 Å². The minimum absolute atomic E-state index is 1.14. The molecular weight excluding hydrogens is 180 g/mol. The van der Waals surface area contributed by atoms with Gasteiger partial charge in [-0.3, -0.25) is 0 Å². The molecule has 1 rings (SSSR count). The Kier molecular flexibility index (Phi) is 13.7. The number of rotatable bonds is 1. The van der Waals surface area contributed by atoms with Crippen LogP contribution in [-0.2, 0) is 6.42 Å². The second kappa shape index (κ2) is 12.7. The SMILES string of the molecule is C=C(C)C.C=CC.CCc1ccccc1. The van der Waals surface area contributed by atoms with E-state index < -0.39 is 0 Å². The highest BCUT2D eigenvalue weighted by Gasteiger charge is 1.79. The van der Waals surface area contributed by atoms with Crippen LogP contribution >= 0.6 is 0 Å². The monoisotopic (exact) mass is 204 g/mol. The Morgan fingerprint density at radius 1 is 1.20 bits per heavy atom. The molecule has 0 saturated carbocycles. The predicted molar refractivity (Wildman–Crippen MR) is 72.2 cm³/mol. The summed E-state index contributed by atoms with van der Waals surface area (Å²) in [7, 11) is 0. The molecule has 1 aromatic rings. The summed E-state index contributed by atoms with van der Waals surface area (Å²) < 4.78 is 0. The first-order valence-corrected chi connectivity index (χ1v) is 5.31. The molecule has 0 aliphatic rings. The lowest BCUT2D eigenvalue weighted by molar-refractivity contribution is 1.14. The van der Waals surface area contributed by atoms with Crippen LogP contribution < -0.4 is 0 Å². The Hall–Kier alpha value is -1.30. The maximum absolute atomic E-state index is 3.56. The Morgan fingerprint density at radius 3 is 1.73 bits per heavy atom. The average molecular weight is 204 g/mol. The summed E-state index contributed by atoms with van der Waals surface area (Å²) >= 11 is 0. The molecule has 0 spiro atoms. The zero-order chi connectivity index (χ0) is 12.1. The van der Waals surface area contributed by atoms with Crippen LogP contribution in [0.4, 0.5) is 0 Å². The molecular formula is C15H24. The predicted octanol–water partition coefficient (Wildman–Crippen LogP) is 5.02. The van der Waals surface area contributed by atoms with Crippen molar-refractivity contribution in [1.29, 1.82) is 0 Å². The van der Waals surface area contributed by atoms with Crippen molar-refractivity contribution in [3.8, 4) is 0 Å². The average Bonchev–Trinajstić information content (AvgIpc) is 2.19. The molecule has 0 radical (unpaired) electrons. The first kappa shape index (κ1) is 16.1. The van der Waals surface area contributed by atoms with Gasteiger partial charge < -0.3 is 0 Å². The van der Waals surface area contributed by atoms with Gasteiger partial charge in [-0.15, -0.1) is 13.2 Å². The zero-order valence-corrected chi connectivity index (χ0v) is 10.6. The lowest BCUT2D eigenvalue weighted by Crippen LogP contribution is -1.73. The highest BCUT2D eigenvalue weighted by molar-refractivity contribution is 5.13. The molecule has 84 valence electrons. The van der Waals surface area contributed by atoms with Crippen molar-refractivity contribution >= 4 is 0 Å². The third-order valence-electron chi connectivity index (χ3n) is 1.25. The molecule has 0 N–H and O–H groups in total. The molecule has 0 heterocycles. The van der Waals surface area contributed by atoms with Crippen LogP contribution in [0.5, 0.6) is 0 Å². The van der Waals surface area contributed by atoms with Gasteiger partial charge >= 0.3 is 0 Å². The van der Waals surface area contributed by atoms with Crippen LogP contribution in [0.2, 0.25) is 0 Å². The van der Waals surface area contributed by atoms with Gasteiger partial charge in [0.15, 0.2) is 0 Å². The van der Waals surface area contributed by atoms with E-state index >= 15 is 0 Å². The normalized spacial score (nSPS) is 7.47. The smallest absolute Gasteiger partial charge is 0.0307 e. The second-order valence-electron chi connectivity index (χ2n) is 3.45. The summed E-state index contributed by atoms with van der Waals surface area (Å²) in [6.45, 7) is 14.9. The fourth-order valence-electron chi connectivity index (χ4n) is 0.714. The Labute approximate surface area is 95.3 Å². The minimum Gasteiger partial charge on any atom is -0.103 e. The van der Waals surface area contributed by atoms with Crippen molar-refractivity contribution in [3.05, 3.63) is 60.7 Å². The molecule has 0 saturated heterocycles. The van der Waals surface area contributed by atoms with Crippen LogP contribution in [0, 0.1) is 0 Å². The highest BCUT2D eigenvalue weighted by atomic mass is 13.9. The number of allylic oxidation sites excluding steroid dienone is 2. The van der Waals surface area contributed by atoms with Gasteiger partial charge in [0.05, 0.1) is 0 Å². The molecule has 0 aliphatic heterocycles. The van der Waals surface area contributed by atoms with E-state index in [0.29, 0.717) is 0 Å². The van der Waals surface area contributed by atoms with E-state index in [1.165, 1.54) is 11.1 Å². The van der Waals surface area contributed by atoms with Gasteiger partial charge in [0, 0.05) is 0 Å². The van der Waals surface area contributed by atoms with E-state index in [-0.39, 0.29) is 0 Å². The quantitative estimate of drug-likeness (QED) is 0.563. The summed E-state index contributed by atoms with van der Waals surface area (Å²) in [5.74, 6) is 0. The number of hydrogen-bond acceptors (Lipinski definition) is 0. The van der Waals surface area contributed by atoms with Crippen molar-refractivity contribution in [2.45, 2.75) is 34.1 Å². The van der Waals surface area contributed by atoms with Crippen molar-refractivity contribution in [2.75, 3.05) is 0 Å². The van der Waals surface area contributed by atoms with Gasteiger partial charge in [-0.05, 0) is 32.8 Å². The molecule has 0 heteroatoms. The van der Waals surface area contributed by atoms with E-state index in [0.717, 1.165) is 6.42 Å². The summed E-state index contributed by atoms with van der Waals surface area (Å²) in [5, 5.41) is 0.